The van der Waals surface area contributed by atoms with Crippen molar-refractivity contribution in [3.8, 4) is 0 Å². The normalized spacial score (nSPS) is 10.7. The summed E-state index contributed by atoms with van der Waals surface area (Å²) in [6, 6.07) is 11.2. The molecule has 0 radical (unpaired) electrons. The first-order valence-electron chi connectivity index (χ1n) is 6.33. The molecule has 0 bridgehead atoms. The molecule has 0 aliphatic carbocycles. The number of likely N-dealkylation sites (N-methyl/N-ethyl adjacent to an activating group) is 1. The molecule has 0 spiro atoms. The minimum Gasteiger partial charge on any atom is -0.399 e. The van der Waals surface area contributed by atoms with Crippen molar-refractivity contribution in [2.45, 2.75) is 6.54 Å². The number of pyridine rings is 1. The number of hydrogen-bond acceptors (Lipinski definition) is 3. The second-order valence-corrected chi connectivity index (χ2v) is 4.55. The Kier molecular flexibility index (Phi) is 4.50. The molecule has 4 nitrogen and oxygen atoms in total. The standard InChI is InChI=1S/C16H17N3O/c1-19(12-14-8-10-18-11-9-14)16(20)7-4-13-2-5-15(17)6-3-13/h2-11H,12,17H2,1H3/b7-4+. The molecule has 0 aliphatic heterocycles. The van der Waals surface area contributed by atoms with E-state index in [1.807, 2.05) is 36.4 Å². The molecule has 2 N–H and O–H groups in total. The zero-order chi connectivity index (χ0) is 14.4. The summed E-state index contributed by atoms with van der Waals surface area (Å²) >= 11 is 0. The fourth-order valence-electron chi connectivity index (χ4n) is 1.74. The molecule has 0 saturated carbocycles. The first-order chi connectivity index (χ1) is 9.65. The number of benzene rings is 1. The number of nitrogen functional groups attached to an aromatic ring is 1. The molecular formula is C16H17N3O. The highest BCUT2D eigenvalue weighted by Crippen LogP contribution is 2.08. The van der Waals surface area contributed by atoms with Crippen molar-refractivity contribution in [1.82, 2.24) is 9.88 Å². The van der Waals surface area contributed by atoms with Crippen LogP contribution in [0.3, 0.4) is 0 Å². The van der Waals surface area contributed by atoms with Crippen LogP contribution < -0.4 is 5.73 Å². The second kappa shape index (κ2) is 6.52. The predicted molar refractivity (Wildman–Crippen MR) is 80.6 cm³/mol. The van der Waals surface area contributed by atoms with Gasteiger partial charge in [0.2, 0.25) is 5.91 Å². The molecule has 0 aliphatic rings. The van der Waals surface area contributed by atoms with E-state index in [2.05, 4.69) is 4.98 Å². The number of hydrogen-bond donors (Lipinski definition) is 1. The molecule has 0 atom stereocenters. The zero-order valence-electron chi connectivity index (χ0n) is 11.4. The third kappa shape index (κ3) is 3.95. The summed E-state index contributed by atoms with van der Waals surface area (Å²) in [5.41, 5.74) is 8.33. The Hall–Kier alpha value is -2.62. The van der Waals surface area contributed by atoms with Crippen molar-refractivity contribution < 1.29 is 4.79 Å². The van der Waals surface area contributed by atoms with Gasteiger partial charge in [-0.3, -0.25) is 9.78 Å². The van der Waals surface area contributed by atoms with Gasteiger partial charge in [-0.05, 0) is 41.5 Å². The second-order valence-electron chi connectivity index (χ2n) is 4.55. The largest absolute Gasteiger partial charge is 0.399 e. The quantitative estimate of drug-likeness (QED) is 0.683. The van der Waals surface area contributed by atoms with Crippen LogP contribution in [0.4, 0.5) is 5.69 Å². The average Bonchev–Trinajstić information content (AvgIpc) is 2.47. The molecule has 0 fully saturated rings. The van der Waals surface area contributed by atoms with Gasteiger partial charge in [0, 0.05) is 37.7 Å². The van der Waals surface area contributed by atoms with Crippen LogP contribution in [0.5, 0.6) is 0 Å². The van der Waals surface area contributed by atoms with Crippen molar-refractivity contribution in [3.63, 3.8) is 0 Å². The predicted octanol–water partition coefficient (Wildman–Crippen LogP) is 2.34. The van der Waals surface area contributed by atoms with Crippen molar-refractivity contribution in [1.29, 1.82) is 0 Å². The van der Waals surface area contributed by atoms with E-state index in [1.54, 1.807) is 36.5 Å². The molecule has 1 amide bonds. The smallest absolute Gasteiger partial charge is 0.246 e. The lowest BCUT2D eigenvalue weighted by molar-refractivity contribution is -0.125. The maximum absolute atomic E-state index is 12.0. The minimum absolute atomic E-state index is 0.0429. The lowest BCUT2D eigenvalue weighted by Crippen LogP contribution is -2.24. The number of aromatic nitrogens is 1. The highest BCUT2D eigenvalue weighted by molar-refractivity contribution is 5.91. The molecule has 1 heterocycles. The summed E-state index contributed by atoms with van der Waals surface area (Å²) in [5.74, 6) is -0.0429. The van der Waals surface area contributed by atoms with Gasteiger partial charge in [-0.1, -0.05) is 12.1 Å². The van der Waals surface area contributed by atoms with Gasteiger partial charge in [-0.25, -0.2) is 0 Å². The number of anilines is 1. The maximum atomic E-state index is 12.0. The number of carbonyl (C=O) groups is 1. The number of carbonyl (C=O) groups excluding carboxylic acids is 1. The van der Waals surface area contributed by atoms with Gasteiger partial charge >= 0.3 is 0 Å². The average molecular weight is 267 g/mol. The molecule has 0 saturated heterocycles. The Balaban J connectivity index is 1.95. The molecule has 102 valence electrons. The Bertz CT molecular complexity index is 591. The van der Waals surface area contributed by atoms with Crippen LogP contribution in [0.15, 0.2) is 54.9 Å². The number of nitrogens with two attached hydrogens (primary N) is 1. The van der Waals surface area contributed by atoms with E-state index >= 15 is 0 Å². The van der Waals surface area contributed by atoms with Crippen molar-refractivity contribution in [2.24, 2.45) is 0 Å². The van der Waals surface area contributed by atoms with Crippen LogP contribution in [0.2, 0.25) is 0 Å². The van der Waals surface area contributed by atoms with E-state index in [0.717, 1.165) is 11.1 Å². The third-order valence-corrected chi connectivity index (χ3v) is 2.90. The topological polar surface area (TPSA) is 59.2 Å². The van der Waals surface area contributed by atoms with E-state index in [0.29, 0.717) is 12.2 Å². The van der Waals surface area contributed by atoms with Gasteiger partial charge in [0.05, 0.1) is 0 Å². The first kappa shape index (κ1) is 13.8. The fraction of sp³-hybridized carbons (Fsp3) is 0.125. The van der Waals surface area contributed by atoms with E-state index < -0.39 is 0 Å². The Labute approximate surface area is 118 Å². The van der Waals surface area contributed by atoms with E-state index in [4.69, 9.17) is 5.73 Å². The Morgan fingerprint density at radius 1 is 1.20 bits per heavy atom. The van der Waals surface area contributed by atoms with Crippen molar-refractivity contribution >= 4 is 17.7 Å². The van der Waals surface area contributed by atoms with Crippen molar-refractivity contribution in [2.75, 3.05) is 12.8 Å². The number of nitrogens with zero attached hydrogens (tertiary/aromatic N) is 2. The molecule has 2 aromatic rings. The molecular weight excluding hydrogens is 250 g/mol. The van der Waals surface area contributed by atoms with Gasteiger partial charge < -0.3 is 10.6 Å². The van der Waals surface area contributed by atoms with Gasteiger partial charge in [0.25, 0.3) is 0 Å². The highest BCUT2D eigenvalue weighted by Gasteiger charge is 2.05. The van der Waals surface area contributed by atoms with E-state index in [-0.39, 0.29) is 5.91 Å². The highest BCUT2D eigenvalue weighted by atomic mass is 16.2. The number of amides is 1. The van der Waals surface area contributed by atoms with E-state index in [1.165, 1.54) is 0 Å². The summed E-state index contributed by atoms with van der Waals surface area (Å²) in [4.78, 5) is 17.6. The lowest BCUT2D eigenvalue weighted by atomic mass is 10.2. The molecule has 4 heteroatoms. The molecule has 20 heavy (non-hydrogen) atoms. The Morgan fingerprint density at radius 2 is 1.85 bits per heavy atom. The third-order valence-electron chi connectivity index (χ3n) is 2.90. The monoisotopic (exact) mass is 267 g/mol. The van der Waals surface area contributed by atoms with Crippen LogP contribution in [0.25, 0.3) is 6.08 Å². The molecule has 0 unspecified atom stereocenters. The summed E-state index contributed by atoms with van der Waals surface area (Å²) in [6.45, 7) is 0.563. The van der Waals surface area contributed by atoms with Crippen LogP contribution in [-0.4, -0.2) is 22.8 Å². The summed E-state index contributed by atoms with van der Waals surface area (Å²) in [7, 11) is 1.77. The molecule has 2 rings (SSSR count). The van der Waals surface area contributed by atoms with Crippen molar-refractivity contribution in [3.05, 3.63) is 66.0 Å². The van der Waals surface area contributed by atoms with Gasteiger partial charge in [-0.2, -0.15) is 0 Å². The first-order valence-corrected chi connectivity index (χ1v) is 6.33. The minimum atomic E-state index is -0.0429. The van der Waals surface area contributed by atoms with E-state index in [9.17, 15) is 4.79 Å². The van der Waals surface area contributed by atoms with Gasteiger partial charge in [0.1, 0.15) is 0 Å². The summed E-state index contributed by atoms with van der Waals surface area (Å²) in [6.07, 6.45) is 6.78. The molecule has 1 aromatic carbocycles. The van der Waals surface area contributed by atoms with Crippen LogP contribution >= 0.6 is 0 Å². The van der Waals surface area contributed by atoms with Crippen LogP contribution in [0.1, 0.15) is 11.1 Å². The molecule has 1 aromatic heterocycles. The lowest BCUT2D eigenvalue weighted by Gasteiger charge is -2.14. The van der Waals surface area contributed by atoms with Crippen LogP contribution in [-0.2, 0) is 11.3 Å². The maximum Gasteiger partial charge on any atom is 0.246 e. The zero-order valence-corrected chi connectivity index (χ0v) is 11.4. The summed E-state index contributed by atoms with van der Waals surface area (Å²) < 4.78 is 0. The Morgan fingerprint density at radius 3 is 2.50 bits per heavy atom. The fourth-order valence-corrected chi connectivity index (χ4v) is 1.74. The number of rotatable bonds is 4. The van der Waals surface area contributed by atoms with Crippen LogP contribution in [0, 0.1) is 0 Å². The van der Waals surface area contributed by atoms with Gasteiger partial charge in [-0.15, -0.1) is 0 Å². The summed E-state index contributed by atoms with van der Waals surface area (Å²) in [5, 5.41) is 0. The SMILES string of the molecule is CN(Cc1ccncc1)C(=O)/C=C/c1ccc(N)cc1. The van der Waals surface area contributed by atoms with Gasteiger partial charge in [0.15, 0.2) is 0 Å².